The Kier molecular flexibility index (Phi) is 8.21. The molecule has 0 unspecified atom stereocenters. The van der Waals surface area contributed by atoms with Crippen LogP contribution in [0.4, 0.5) is 5.69 Å². The van der Waals surface area contributed by atoms with Gasteiger partial charge in [0.15, 0.2) is 4.80 Å². The highest BCUT2D eigenvalue weighted by Crippen LogP contribution is 2.36. The van der Waals surface area contributed by atoms with Gasteiger partial charge in [-0.05, 0) is 45.4 Å². The molecule has 0 saturated carbocycles. The molecular weight excluding hydrogens is 558 g/mol. The predicted octanol–water partition coefficient (Wildman–Crippen LogP) is 5.06. The second-order valence-corrected chi connectivity index (χ2v) is 10.6. The van der Waals surface area contributed by atoms with E-state index in [1.165, 1.54) is 22.0 Å². The Morgan fingerprint density at radius 1 is 1.14 bits per heavy atom. The summed E-state index contributed by atoms with van der Waals surface area (Å²) in [7, 11) is 0. The van der Waals surface area contributed by atoms with Crippen molar-refractivity contribution in [1.82, 2.24) is 4.57 Å². The number of thiazole rings is 1. The summed E-state index contributed by atoms with van der Waals surface area (Å²) in [6, 6.07) is 14.7. The summed E-state index contributed by atoms with van der Waals surface area (Å²) in [5, 5.41) is 11.4. The van der Waals surface area contributed by atoms with Crippen molar-refractivity contribution in [2.75, 3.05) is 13.2 Å². The molecule has 0 aliphatic carbocycles. The van der Waals surface area contributed by atoms with E-state index in [1.54, 1.807) is 51.1 Å². The van der Waals surface area contributed by atoms with Crippen LogP contribution in [0, 0.1) is 17.0 Å². The van der Waals surface area contributed by atoms with Crippen LogP contribution in [0.1, 0.15) is 50.1 Å². The number of aromatic nitrogens is 1. The molecule has 0 radical (unpaired) electrons. The lowest BCUT2D eigenvalue weighted by Gasteiger charge is -2.26. The molecule has 0 amide bonds. The van der Waals surface area contributed by atoms with Gasteiger partial charge in [-0.1, -0.05) is 48.6 Å². The van der Waals surface area contributed by atoms with Gasteiger partial charge in [0.25, 0.3) is 11.2 Å². The van der Waals surface area contributed by atoms with Gasteiger partial charge in [-0.25, -0.2) is 9.79 Å². The number of furan rings is 1. The van der Waals surface area contributed by atoms with E-state index in [1.807, 2.05) is 31.2 Å². The average Bonchev–Trinajstić information content (AvgIpc) is 3.55. The zero-order valence-electron chi connectivity index (χ0n) is 23.6. The van der Waals surface area contributed by atoms with Gasteiger partial charge in [0.05, 0.1) is 33.9 Å². The van der Waals surface area contributed by atoms with Crippen LogP contribution >= 0.6 is 11.3 Å². The zero-order chi connectivity index (χ0) is 30.0. The van der Waals surface area contributed by atoms with Crippen molar-refractivity contribution in [2.45, 2.75) is 40.2 Å². The monoisotopic (exact) mass is 587 g/mol. The van der Waals surface area contributed by atoms with Crippen LogP contribution in [0.5, 0.6) is 5.75 Å². The van der Waals surface area contributed by atoms with Gasteiger partial charge in [-0.15, -0.1) is 0 Å². The standard InChI is InChI=1S/C31H29N3O7S/c1-5-16-40-24-13-8-7-10-22(24)28-27(30(36)39-6-2)19(4)32-31-33(28)29(35)26(42-31)17-20-14-15-25(41-20)21-11-9-12-23(18(21)3)34(37)38/h7-15,17,28H,5-6,16H2,1-4H3/b26-17+/t28-/m1/s1. The molecule has 11 heteroatoms. The van der Waals surface area contributed by atoms with Crippen molar-refractivity contribution < 1.29 is 23.6 Å². The third-order valence-corrected chi connectivity index (χ3v) is 7.84. The van der Waals surface area contributed by atoms with Crippen LogP contribution in [0.3, 0.4) is 0 Å². The lowest BCUT2D eigenvalue weighted by Crippen LogP contribution is -2.40. The highest BCUT2D eigenvalue weighted by atomic mass is 32.1. The number of hydrogen-bond donors (Lipinski definition) is 0. The van der Waals surface area contributed by atoms with Gasteiger partial charge >= 0.3 is 5.97 Å². The molecule has 0 spiro atoms. The lowest BCUT2D eigenvalue weighted by atomic mass is 9.95. The molecule has 1 aliphatic heterocycles. The van der Waals surface area contributed by atoms with E-state index < -0.39 is 16.9 Å². The van der Waals surface area contributed by atoms with Gasteiger partial charge < -0.3 is 13.9 Å². The minimum Gasteiger partial charge on any atom is -0.493 e. The summed E-state index contributed by atoms with van der Waals surface area (Å²) in [5.74, 6) is 0.853. The first kappa shape index (κ1) is 28.7. The second kappa shape index (κ2) is 12.0. The number of benzene rings is 2. The van der Waals surface area contributed by atoms with Crippen LogP contribution < -0.4 is 19.6 Å². The van der Waals surface area contributed by atoms with Gasteiger partial charge in [0.1, 0.15) is 23.3 Å². The molecule has 4 aromatic rings. The Balaban J connectivity index is 1.64. The number of nitrogens with zero attached hydrogens (tertiary/aromatic N) is 3. The van der Waals surface area contributed by atoms with Crippen LogP contribution in [0.2, 0.25) is 0 Å². The summed E-state index contributed by atoms with van der Waals surface area (Å²) in [6.45, 7) is 7.76. The number of nitro benzene ring substituents is 1. The van der Waals surface area contributed by atoms with Crippen molar-refractivity contribution in [2.24, 2.45) is 4.99 Å². The molecule has 0 N–H and O–H groups in total. The highest BCUT2D eigenvalue weighted by molar-refractivity contribution is 7.07. The molecule has 42 heavy (non-hydrogen) atoms. The maximum absolute atomic E-state index is 14.0. The van der Waals surface area contributed by atoms with Crippen molar-refractivity contribution in [3.8, 4) is 17.1 Å². The predicted molar refractivity (Wildman–Crippen MR) is 158 cm³/mol. The number of ether oxygens (including phenoxy) is 2. The Labute approximate surface area is 245 Å². The van der Waals surface area contributed by atoms with Crippen LogP contribution in [-0.4, -0.2) is 28.7 Å². The Morgan fingerprint density at radius 2 is 1.93 bits per heavy atom. The van der Waals surface area contributed by atoms with Crippen molar-refractivity contribution >= 4 is 29.1 Å². The fourth-order valence-corrected chi connectivity index (χ4v) is 5.95. The van der Waals surface area contributed by atoms with Gasteiger partial charge in [-0.3, -0.25) is 19.5 Å². The largest absolute Gasteiger partial charge is 0.493 e. The molecule has 0 saturated heterocycles. The van der Waals surface area contributed by atoms with E-state index >= 15 is 0 Å². The number of rotatable bonds is 9. The molecule has 1 aliphatic rings. The Morgan fingerprint density at radius 3 is 2.67 bits per heavy atom. The van der Waals surface area contributed by atoms with E-state index in [0.717, 1.165) is 6.42 Å². The minimum absolute atomic E-state index is 0.00488. The molecule has 0 bridgehead atoms. The number of para-hydroxylation sites is 1. The molecule has 10 nitrogen and oxygen atoms in total. The first-order chi connectivity index (χ1) is 20.2. The van der Waals surface area contributed by atoms with E-state index in [0.29, 0.717) is 55.6 Å². The van der Waals surface area contributed by atoms with Crippen LogP contribution in [-0.2, 0) is 9.53 Å². The normalized spacial score (nSPS) is 14.9. The molecule has 1 atom stereocenters. The smallest absolute Gasteiger partial charge is 0.338 e. The number of hydrogen-bond acceptors (Lipinski definition) is 9. The SMILES string of the molecule is CCCOc1ccccc1[C@@H]1C(C(=O)OCC)=C(C)N=c2s/c(=C/c3ccc(-c4cccc([N+](=O)[O-])c4C)o3)c(=O)n21. The number of nitro groups is 1. The third kappa shape index (κ3) is 5.30. The molecule has 2 aromatic carbocycles. The second-order valence-electron chi connectivity index (χ2n) is 9.60. The average molecular weight is 588 g/mol. The molecular formula is C31H29N3O7S. The molecule has 216 valence electrons. The summed E-state index contributed by atoms with van der Waals surface area (Å²) in [5.41, 5.74) is 2.08. The van der Waals surface area contributed by atoms with E-state index in [9.17, 15) is 19.7 Å². The number of allylic oxidation sites excluding steroid dienone is 1. The number of esters is 1. The Hall–Kier alpha value is -4.77. The van der Waals surface area contributed by atoms with Gasteiger partial charge in [0, 0.05) is 28.8 Å². The summed E-state index contributed by atoms with van der Waals surface area (Å²) < 4.78 is 19.3. The summed E-state index contributed by atoms with van der Waals surface area (Å²) >= 11 is 1.18. The number of carbonyl (C=O) groups excluding carboxylic acids is 1. The molecule has 3 heterocycles. The summed E-state index contributed by atoms with van der Waals surface area (Å²) in [4.78, 5) is 43.2. The van der Waals surface area contributed by atoms with E-state index in [-0.39, 0.29) is 23.4 Å². The maximum Gasteiger partial charge on any atom is 0.338 e. The zero-order valence-corrected chi connectivity index (χ0v) is 24.4. The number of fused-ring (bicyclic) bond motifs is 1. The molecule has 2 aromatic heterocycles. The van der Waals surface area contributed by atoms with Crippen molar-refractivity contribution in [1.29, 1.82) is 0 Å². The first-order valence-corrected chi connectivity index (χ1v) is 14.3. The maximum atomic E-state index is 14.0. The first-order valence-electron chi connectivity index (χ1n) is 13.5. The fourth-order valence-electron chi connectivity index (χ4n) is 4.93. The lowest BCUT2D eigenvalue weighted by molar-refractivity contribution is -0.385. The third-order valence-electron chi connectivity index (χ3n) is 6.86. The minimum atomic E-state index is -0.810. The van der Waals surface area contributed by atoms with Crippen molar-refractivity contribution in [3.63, 3.8) is 0 Å². The van der Waals surface area contributed by atoms with E-state index in [2.05, 4.69) is 4.99 Å². The van der Waals surface area contributed by atoms with Gasteiger partial charge in [0.2, 0.25) is 0 Å². The van der Waals surface area contributed by atoms with Crippen molar-refractivity contribution in [3.05, 3.63) is 113 Å². The highest BCUT2D eigenvalue weighted by Gasteiger charge is 2.35. The molecule has 0 fully saturated rings. The Bertz CT molecular complexity index is 1900. The molecule has 5 rings (SSSR count). The van der Waals surface area contributed by atoms with E-state index in [4.69, 9.17) is 13.9 Å². The number of carbonyl (C=O) groups is 1. The van der Waals surface area contributed by atoms with Gasteiger partial charge in [-0.2, -0.15) is 0 Å². The summed E-state index contributed by atoms with van der Waals surface area (Å²) in [6.07, 6.45) is 2.40. The fraction of sp³-hybridized carbons (Fsp3) is 0.258. The van der Waals surface area contributed by atoms with Crippen LogP contribution in [0.25, 0.3) is 17.4 Å². The topological polar surface area (TPSA) is 126 Å². The van der Waals surface area contributed by atoms with Crippen LogP contribution in [0.15, 0.2) is 80.1 Å². The quantitative estimate of drug-likeness (QED) is 0.152.